The Balaban J connectivity index is 2.26. The van der Waals surface area contributed by atoms with Gasteiger partial charge in [-0.2, -0.15) is 0 Å². The average molecular weight is 314 g/mol. The van der Waals surface area contributed by atoms with Crippen molar-refractivity contribution < 1.29 is 8.81 Å². The van der Waals surface area contributed by atoms with Gasteiger partial charge in [-0.05, 0) is 47.6 Å². The fourth-order valence-corrected chi connectivity index (χ4v) is 1.93. The highest BCUT2D eigenvalue weighted by Crippen LogP contribution is 2.25. The molecule has 1 aromatic heterocycles. The van der Waals surface area contributed by atoms with Crippen LogP contribution in [0.4, 0.5) is 4.39 Å². The Hall–Kier alpha value is -1.27. The molecule has 0 bridgehead atoms. The SMILES string of the molecule is CCNC(C)c1nnc(-c2ccc(F)c(Br)c2)o1. The molecule has 1 N–H and O–H groups in total. The van der Waals surface area contributed by atoms with Crippen LogP contribution in [0.2, 0.25) is 0 Å². The lowest BCUT2D eigenvalue weighted by Crippen LogP contribution is -2.17. The van der Waals surface area contributed by atoms with E-state index in [1.165, 1.54) is 6.07 Å². The Kier molecular flexibility index (Phi) is 4.08. The van der Waals surface area contributed by atoms with Gasteiger partial charge >= 0.3 is 0 Å². The summed E-state index contributed by atoms with van der Waals surface area (Å²) in [6.45, 7) is 4.77. The predicted molar refractivity (Wildman–Crippen MR) is 69.5 cm³/mol. The highest BCUT2D eigenvalue weighted by Gasteiger charge is 2.14. The molecule has 4 nitrogen and oxygen atoms in total. The molecule has 96 valence electrons. The molecule has 0 spiro atoms. The van der Waals surface area contributed by atoms with E-state index in [0.29, 0.717) is 21.8 Å². The van der Waals surface area contributed by atoms with Gasteiger partial charge in [-0.3, -0.25) is 0 Å². The number of nitrogens with one attached hydrogen (secondary N) is 1. The second-order valence-electron chi connectivity index (χ2n) is 3.85. The zero-order chi connectivity index (χ0) is 13.1. The summed E-state index contributed by atoms with van der Waals surface area (Å²) in [7, 11) is 0. The minimum atomic E-state index is -0.320. The summed E-state index contributed by atoms with van der Waals surface area (Å²) in [5.41, 5.74) is 0.686. The van der Waals surface area contributed by atoms with Crippen LogP contribution in [0.3, 0.4) is 0 Å². The van der Waals surface area contributed by atoms with E-state index in [1.54, 1.807) is 12.1 Å². The van der Waals surface area contributed by atoms with E-state index >= 15 is 0 Å². The fourth-order valence-electron chi connectivity index (χ4n) is 1.55. The van der Waals surface area contributed by atoms with E-state index in [9.17, 15) is 4.39 Å². The Morgan fingerprint density at radius 1 is 1.44 bits per heavy atom. The maximum absolute atomic E-state index is 13.1. The summed E-state index contributed by atoms with van der Waals surface area (Å²) in [5, 5.41) is 11.1. The first-order valence-electron chi connectivity index (χ1n) is 5.64. The predicted octanol–water partition coefficient (Wildman–Crippen LogP) is 3.31. The zero-order valence-corrected chi connectivity index (χ0v) is 11.7. The van der Waals surface area contributed by atoms with Gasteiger partial charge in [0.05, 0.1) is 10.5 Å². The molecule has 0 aliphatic rings. The molecule has 0 amide bonds. The average Bonchev–Trinajstić information content (AvgIpc) is 2.82. The number of halogens is 2. The van der Waals surface area contributed by atoms with Gasteiger partial charge in [0.1, 0.15) is 5.82 Å². The molecular formula is C12H13BrFN3O. The Morgan fingerprint density at radius 3 is 2.89 bits per heavy atom. The van der Waals surface area contributed by atoms with Crippen LogP contribution in [-0.2, 0) is 0 Å². The molecule has 6 heteroatoms. The first-order chi connectivity index (χ1) is 8.61. The molecule has 0 fully saturated rings. The standard InChI is InChI=1S/C12H13BrFN3O/c1-3-15-7(2)11-16-17-12(18-11)8-4-5-10(14)9(13)6-8/h4-7,15H,3H2,1-2H3. The number of nitrogens with zero attached hydrogens (tertiary/aromatic N) is 2. The molecule has 1 atom stereocenters. The third-order valence-corrected chi connectivity index (χ3v) is 3.10. The number of benzene rings is 1. The minimum absolute atomic E-state index is 0.000129. The molecule has 18 heavy (non-hydrogen) atoms. The van der Waals surface area contributed by atoms with Gasteiger partial charge in [0.25, 0.3) is 0 Å². The second kappa shape index (κ2) is 5.58. The molecular weight excluding hydrogens is 301 g/mol. The fraction of sp³-hybridized carbons (Fsp3) is 0.333. The molecule has 1 aromatic carbocycles. The minimum Gasteiger partial charge on any atom is -0.419 e. The van der Waals surface area contributed by atoms with Crippen LogP contribution in [0.25, 0.3) is 11.5 Å². The van der Waals surface area contributed by atoms with Gasteiger partial charge in [0, 0.05) is 5.56 Å². The maximum atomic E-state index is 13.1. The van der Waals surface area contributed by atoms with Crippen LogP contribution < -0.4 is 5.32 Å². The normalized spacial score (nSPS) is 12.7. The third kappa shape index (κ3) is 2.76. The molecule has 0 saturated heterocycles. The largest absolute Gasteiger partial charge is 0.419 e. The van der Waals surface area contributed by atoms with Crippen LogP contribution in [0, 0.1) is 5.82 Å². The Morgan fingerprint density at radius 2 is 2.22 bits per heavy atom. The summed E-state index contributed by atoms with van der Waals surface area (Å²) in [6, 6.07) is 4.58. The van der Waals surface area contributed by atoms with E-state index in [2.05, 4.69) is 31.4 Å². The van der Waals surface area contributed by atoms with Crippen molar-refractivity contribution in [1.82, 2.24) is 15.5 Å². The first-order valence-corrected chi connectivity index (χ1v) is 6.43. The summed E-state index contributed by atoms with van der Waals surface area (Å²) < 4.78 is 19.1. The van der Waals surface area contributed by atoms with E-state index in [4.69, 9.17) is 4.42 Å². The first kappa shape index (κ1) is 13.2. The van der Waals surface area contributed by atoms with Crippen molar-refractivity contribution in [2.45, 2.75) is 19.9 Å². The Bertz CT molecular complexity index is 544. The topological polar surface area (TPSA) is 51.0 Å². The lowest BCUT2D eigenvalue weighted by molar-refractivity contribution is 0.429. The van der Waals surface area contributed by atoms with Gasteiger partial charge in [0.15, 0.2) is 0 Å². The summed E-state index contributed by atoms with van der Waals surface area (Å²) >= 11 is 3.13. The van der Waals surface area contributed by atoms with Crippen molar-refractivity contribution >= 4 is 15.9 Å². The van der Waals surface area contributed by atoms with E-state index in [0.717, 1.165) is 6.54 Å². The lowest BCUT2D eigenvalue weighted by Gasteiger charge is -2.05. The van der Waals surface area contributed by atoms with Gasteiger partial charge in [-0.1, -0.05) is 6.92 Å². The van der Waals surface area contributed by atoms with Crippen LogP contribution in [0.15, 0.2) is 27.1 Å². The summed E-state index contributed by atoms with van der Waals surface area (Å²) in [5.74, 6) is 0.585. The van der Waals surface area contributed by atoms with Crippen LogP contribution in [0.1, 0.15) is 25.8 Å². The number of hydrogen-bond donors (Lipinski definition) is 1. The number of aromatic nitrogens is 2. The van der Waals surface area contributed by atoms with Gasteiger partial charge in [0.2, 0.25) is 11.8 Å². The second-order valence-corrected chi connectivity index (χ2v) is 4.71. The molecule has 2 rings (SSSR count). The number of rotatable bonds is 4. The van der Waals surface area contributed by atoms with Gasteiger partial charge in [-0.25, -0.2) is 4.39 Å². The van der Waals surface area contributed by atoms with Gasteiger partial charge in [-0.15, -0.1) is 10.2 Å². The van der Waals surface area contributed by atoms with E-state index < -0.39 is 0 Å². The molecule has 2 aromatic rings. The highest BCUT2D eigenvalue weighted by molar-refractivity contribution is 9.10. The Labute approximate surface area is 113 Å². The molecule has 0 saturated carbocycles. The maximum Gasteiger partial charge on any atom is 0.247 e. The van der Waals surface area contributed by atoms with Crippen LogP contribution >= 0.6 is 15.9 Å². The van der Waals surface area contributed by atoms with Crippen molar-refractivity contribution in [1.29, 1.82) is 0 Å². The number of hydrogen-bond acceptors (Lipinski definition) is 4. The smallest absolute Gasteiger partial charge is 0.247 e. The van der Waals surface area contributed by atoms with E-state index in [-0.39, 0.29) is 11.9 Å². The van der Waals surface area contributed by atoms with Crippen molar-refractivity contribution in [2.75, 3.05) is 6.54 Å². The monoisotopic (exact) mass is 313 g/mol. The van der Waals surface area contributed by atoms with Crippen molar-refractivity contribution in [2.24, 2.45) is 0 Å². The zero-order valence-electron chi connectivity index (χ0n) is 10.1. The molecule has 1 heterocycles. The highest BCUT2D eigenvalue weighted by atomic mass is 79.9. The van der Waals surface area contributed by atoms with Crippen molar-refractivity contribution in [3.05, 3.63) is 34.4 Å². The molecule has 1 unspecified atom stereocenters. The third-order valence-electron chi connectivity index (χ3n) is 2.49. The summed E-state index contributed by atoms with van der Waals surface area (Å²) in [4.78, 5) is 0. The molecule has 0 radical (unpaired) electrons. The molecule has 0 aliphatic carbocycles. The van der Waals surface area contributed by atoms with Crippen LogP contribution in [-0.4, -0.2) is 16.7 Å². The summed E-state index contributed by atoms with van der Waals surface area (Å²) in [6.07, 6.45) is 0. The van der Waals surface area contributed by atoms with E-state index in [1.807, 2.05) is 13.8 Å². The van der Waals surface area contributed by atoms with Crippen molar-refractivity contribution in [3.8, 4) is 11.5 Å². The van der Waals surface area contributed by atoms with Crippen LogP contribution in [0.5, 0.6) is 0 Å². The van der Waals surface area contributed by atoms with Crippen molar-refractivity contribution in [3.63, 3.8) is 0 Å². The quantitative estimate of drug-likeness (QED) is 0.941. The molecule has 0 aliphatic heterocycles. The lowest BCUT2D eigenvalue weighted by atomic mass is 10.2. The van der Waals surface area contributed by atoms with Gasteiger partial charge < -0.3 is 9.73 Å².